The third-order valence-electron chi connectivity index (χ3n) is 8.56. The smallest absolute Gasteiger partial charge is 0.164 e. The monoisotopic (exact) mass is 645 g/mol. The molecular weight excluding hydrogens is 619 g/mol. The molecule has 3 aromatic heterocycles. The molecule has 5 nitrogen and oxygen atoms in total. The molecule has 6 aromatic carbocycles. The number of aromatic nitrogens is 5. The number of nitrogens with zero attached hydrogens (tertiary/aromatic N) is 5. The summed E-state index contributed by atoms with van der Waals surface area (Å²) in [7, 11) is 0. The van der Waals surface area contributed by atoms with Gasteiger partial charge in [0.1, 0.15) is 0 Å². The van der Waals surface area contributed by atoms with Crippen molar-refractivity contribution in [2.45, 2.75) is 0 Å². The molecule has 0 spiro atoms. The van der Waals surface area contributed by atoms with Crippen LogP contribution in [0.25, 0.3) is 88.2 Å². The number of thiophene rings is 1. The van der Waals surface area contributed by atoms with E-state index in [-0.39, 0.29) is 0 Å². The quantitative estimate of drug-likeness (QED) is 0.180. The van der Waals surface area contributed by atoms with Crippen molar-refractivity contribution in [2.75, 3.05) is 0 Å². The minimum absolute atomic E-state index is 0.646. The van der Waals surface area contributed by atoms with Crippen LogP contribution in [-0.4, -0.2) is 24.9 Å². The molecule has 0 aliphatic carbocycles. The number of rotatable bonds is 6. The Hall–Kier alpha value is -6.37. The first-order valence-corrected chi connectivity index (χ1v) is 16.9. The van der Waals surface area contributed by atoms with E-state index in [1.807, 2.05) is 97.1 Å². The van der Waals surface area contributed by atoms with Crippen molar-refractivity contribution in [1.29, 1.82) is 0 Å². The molecule has 9 rings (SSSR count). The first-order chi connectivity index (χ1) is 24.3. The third kappa shape index (κ3) is 5.54. The fraction of sp³-hybridized carbons (Fsp3) is 0. The molecule has 0 N–H and O–H groups in total. The van der Waals surface area contributed by atoms with E-state index in [0.29, 0.717) is 23.3 Å². The van der Waals surface area contributed by atoms with Gasteiger partial charge in [0.15, 0.2) is 23.3 Å². The van der Waals surface area contributed by atoms with Crippen molar-refractivity contribution in [3.05, 3.63) is 164 Å². The zero-order valence-electron chi connectivity index (χ0n) is 26.2. The van der Waals surface area contributed by atoms with Crippen LogP contribution in [0, 0.1) is 0 Å². The fourth-order valence-corrected chi connectivity index (χ4v) is 7.34. The minimum atomic E-state index is 0.646. The maximum atomic E-state index is 5.07. The van der Waals surface area contributed by atoms with Crippen molar-refractivity contribution >= 4 is 31.5 Å². The van der Waals surface area contributed by atoms with E-state index >= 15 is 0 Å². The van der Waals surface area contributed by atoms with Crippen molar-refractivity contribution in [1.82, 2.24) is 24.9 Å². The Morgan fingerprint density at radius 1 is 0.327 bits per heavy atom. The number of fused-ring (bicyclic) bond motifs is 3. The van der Waals surface area contributed by atoms with E-state index in [1.54, 1.807) is 11.3 Å². The van der Waals surface area contributed by atoms with Crippen LogP contribution in [0.5, 0.6) is 0 Å². The van der Waals surface area contributed by atoms with Crippen LogP contribution in [0.2, 0.25) is 0 Å². The maximum absolute atomic E-state index is 5.07. The average Bonchev–Trinajstić information content (AvgIpc) is 3.57. The highest BCUT2D eigenvalue weighted by Gasteiger charge is 2.18. The van der Waals surface area contributed by atoms with Crippen LogP contribution in [0.3, 0.4) is 0 Å². The van der Waals surface area contributed by atoms with Gasteiger partial charge in [0.05, 0.1) is 11.4 Å². The molecule has 9 aromatic rings. The molecule has 0 amide bonds. The summed E-state index contributed by atoms with van der Waals surface area (Å²) in [5.74, 6) is 2.63. The van der Waals surface area contributed by atoms with Crippen LogP contribution < -0.4 is 0 Å². The third-order valence-corrected chi connectivity index (χ3v) is 9.68. The van der Waals surface area contributed by atoms with Crippen LogP contribution in [0.15, 0.2) is 164 Å². The van der Waals surface area contributed by atoms with E-state index in [1.165, 1.54) is 0 Å². The van der Waals surface area contributed by atoms with Gasteiger partial charge >= 0.3 is 0 Å². The van der Waals surface area contributed by atoms with Crippen LogP contribution in [0.4, 0.5) is 0 Å². The van der Waals surface area contributed by atoms with Crippen LogP contribution in [0.1, 0.15) is 0 Å². The number of hydrogen-bond acceptors (Lipinski definition) is 6. The second-order valence-electron chi connectivity index (χ2n) is 11.7. The van der Waals surface area contributed by atoms with E-state index in [4.69, 9.17) is 24.9 Å². The van der Waals surface area contributed by atoms with E-state index in [9.17, 15) is 0 Å². The van der Waals surface area contributed by atoms with Gasteiger partial charge < -0.3 is 0 Å². The maximum Gasteiger partial charge on any atom is 0.164 e. The van der Waals surface area contributed by atoms with E-state index in [2.05, 4.69) is 66.7 Å². The largest absolute Gasteiger partial charge is 0.228 e. The van der Waals surface area contributed by atoms with Crippen molar-refractivity contribution in [2.24, 2.45) is 0 Å². The lowest BCUT2D eigenvalue weighted by atomic mass is 10.0. The molecule has 0 bridgehead atoms. The highest BCUT2D eigenvalue weighted by molar-refractivity contribution is 7.26. The minimum Gasteiger partial charge on any atom is -0.228 e. The molecular formula is C43H27N5S. The Morgan fingerprint density at radius 3 is 1.37 bits per heavy atom. The van der Waals surface area contributed by atoms with E-state index in [0.717, 1.165) is 64.9 Å². The summed E-state index contributed by atoms with van der Waals surface area (Å²) in [6, 6.07) is 55.7. The number of hydrogen-bond donors (Lipinski definition) is 0. The zero-order chi connectivity index (χ0) is 32.6. The second kappa shape index (κ2) is 12.3. The molecule has 0 atom stereocenters. The van der Waals surface area contributed by atoms with Crippen molar-refractivity contribution in [3.8, 4) is 68.1 Å². The van der Waals surface area contributed by atoms with Crippen molar-refractivity contribution in [3.63, 3.8) is 0 Å². The Balaban J connectivity index is 1.20. The topological polar surface area (TPSA) is 64.5 Å². The van der Waals surface area contributed by atoms with Gasteiger partial charge in [-0.15, -0.1) is 11.3 Å². The molecule has 3 heterocycles. The molecule has 0 saturated heterocycles. The zero-order valence-corrected chi connectivity index (χ0v) is 27.0. The molecule has 0 saturated carbocycles. The van der Waals surface area contributed by atoms with Gasteiger partial charge in [-0.05, 0) is 18.2 Å². The van der Waals surface area contributed by atoms with Gasteiger partial charge in [-0.3, -0.25) is 0 Å². The van der Waals surface area contributed by atoms with Gasteiger partial charge in [-0.2, -0.15) is 0 Å². The highest BCUT2D eigenvalue weighted by Crippen LogP contribution is 2.41. The van der Waals surface area contributed by atoms with Crippen LogP contribution in [-0.2, 0) is 0 Å². The lowest BCUT2D eigenvalue weighted by Crippen LogP contribution is -2.00. The Kier molecular flexibility index (Phi) is 7.26. The molecule has 0 aliphatic rings. The molecule has 0 unspecified atom stereocenters. The predicted octanol–water partition coefficient (Wildman–Crippen LogP) is 11.0. The normalized spacial score (nSPS) is 11.3. The summed E-state index contributed by atoms with van der Waals surface area (Å²) < 4.78 is 2.31. The highest BCUT2D eigenvalue weighted by atomic mass is 32.1. The SMILES string of the molecule is c1ccc(-c2cc(-c3ccccc3)nc(-c3ccc4c(c3)sc3cccc(-c5nc(-c6ccccc6)nc(-c6ccccc6)n5)c34)n2)cc1. The fourth-order valence-electron chi connectivity index (χ4n) is 6.17. The first kappa shape index (κ1) is 28.8. The van der Waals surface area contributed by atoms with E-state index < -0.39 is 0 Å². The summed E-state index contributed by atoms with van der Waals surface area (Å²) in [6.07, 6.45) is 0. The van der Waals surface area contributed by atoms with Gasteiger partial charge in [0.2, 0.25) is 0 Å². The summed E-state index contributed by atoms with van der Waals surface area (Å²) in [5.41, 5.74) is 7.72. The van der Waals surface area contributed by atoms with Gasteiger partial charge in [-0.1, -0.05) is 146 Å². The van der Waals surface area contributed by atoms with Crippen molar-refractivity contribution < 1.29 is 0 Å². The Bertz CT molecular complexity index is 2470. The Morgan fingerprint density at radius 2 is 0.816 bits per heavy atom. The lowest BCUT2D eigenvalue weighted by Gasteiger charge is -2.10. The molecule has 0 aliphatic heterocycles. The lowest BCUT2D eigenvalue weighted by molar-refractivity contribution is 1.08. The summed E-state index contributed by atoms with van der Waals surface area (Å²) in [5, 5.41) is 2.27. The number of benzene rings is 6. The Labute approximate surface area is 287 Å². The van der Waals surface area contributed by atoms with Gasteiger partial charge in [0, 0.05) is 53.6 Å². The summed E-state index contributed by atoms with van der Waals surface area (Å²) in [6.45, 7) is 0. The van der Waals surface area contributed by atoms with Gasteiger partial charge in [-0.25, -0.2) is 24.9 Å². The predicted molar refractivity (Wildman–Crippen MR) is 201 cm³/mol. The molecule has 0 fully saturated rings. The first-order valence-electron chi connectivity index (χ1n) is 16.1. The molecule has 6 heteroatoms. The average molecular weight is 646 g/mol. The second-order valence-corrected chi connectivity index (χ2v) is 12.8. The standard InChI is InChI=1S/C43H27N5S/c1-5-14-28(15-6-1)35-27-36(29-16-7-2-8-17-29)45-42(44-35)32-24-25-33-38(26-32)49-37-23-13-22-34(39(33)37)43-47-40(30-18-9-3-10-19-30)46-41(48-43)31-20-11-4-12-21-31/h1-27H. The summed E-state index contributed by atoms with van der Waals surface area (Å²) >= 11 is 1.75. The molecule has 230 valence electrons. The molecule has 49 heavy (non-hydrogen) atoms. The van der Waals surface area contributed by atoms with Crippen LogP contribution >= 0.6 is 11.3 Å². The van der Waals surface area contributed by atoms with Gasteiger partial charge in [0.25, 0.3) is 0 Å². The summed E-state index contributed by atoms with van der Waals surface area (Å²) in [4.78, 5) is 25.1. The molecule has 0 radical (unpaired) electrons.